The van der Waals surface area contributed by atoms with Gasteiger partial charge in [-0.25, -0.2) is 13.1 Å². The van der Waals surface area contributed by atoms with Crippen molar-refractivity contribution in [2.75, 3.05) is 57.9 Å². The molecule has 1 aliphatic rings. The molecular weight excluding hydrogens is 414 g/mol. The first-order chi connectivity index (χ1) is 14.9. The lowest BCUT2D eigenvalue weighted by Gasteiger charge is -2.36. The Balaban J connectivity index is 1.48. The monoisotopic (exact) mass is 447 g/mol. The number of sulfonamides is 1. The second-order valence-corrected chi connectivity index (χ2v) is 9.44. The summed E-state index contributed by atoms with van der Waals surface area (Å²) in [6.07, 6.45) is 0.911. The Bertz CT molecular complexity index is 957. The van der Waals surface area contributed by atoms with E-state index in [-0.39, 0.29) is 4.90 Å². The summed E-state index contributed by atoms with van der Waals surface area (Å²) in [5, 5.41) is 0. The zero-order chi connectivity index (χ0) is 22.3. The van der Waals surface area contributed by atoms with Crippen LogP contribution in [0.15, 0.2) is 47.4 Å². The third-order valence-electron chi connectivity index (χ3n) is 5.44. The van der Waals surface area contributed by atoms with Crippen molar-refractivity contribution < 1.29 is 17.9 Å². The Kier molecular flexibility index (Phi) is 8.17. The summed E-state index contributed by atoms with van der Waals surface area (Å²) in [6.45, 7) is 9.10. The second kappa shape index (κ2) is 10.8. The maximum atomic E-state index is 12.7. The summed E-state index contributed by atoms with van der Waals surface area (Å²) in [4.78, 5) is 4.86. The van der Waals surface area contributed by atoms with E-state index in [9.17, 15) is 8.42 Å². The highest BCUT2D eigenvalue weighted by molar-refractivity contribution is 7.89. The lowest BCUT2D eigenvalue weighted by Crippen LogP contribution is -2.48. The van der Waals surface area contributed by atoms with Crippen LogP contribution in [0.1, 0.15) is 18.9 Å². The minimum Gasteiger partial charge on any atom is -0.495 e. The summed E-state index contributed by atoms with van der Waals surface area (Å²) in [6, 6.07) is 13.0. The molecule has 170 valence electrons. The number of hydrogen-bond donors (Lipinski definition) is 1. The van der Waals surface area contributed by atoms with Gasteiger partial charge in [0.2, 0.25) is 10.0 Å². The zero-order valence-corrected chi connectivity index (χ0v) is 19.5. The molecule has 1 aliphatic heterocycles. The van der Waals surface area contributed by atoms with E-state index in [1.54, 1.807) is 25.3 Å². The molecule has 31 heavy (non-hydrogen) atoms. The van der Waals surface area contributed by atoms with E-state index < -0.39 is 10.0 Å². The van der Waals surface area contributed by atoms with Crippen molar-refractivity contribution in [3.63, 3.8) is 0 Å². The van der Waals surface area contributed by atoms with Gasteiger partial charge in [0.05, 0.1) is 24.3 Å². The molecule has 1 heterocycles. The highest BCUT2D eigenvalue weighted by atomic mass is 32.2. The zero-order valence-electron chi connectivity index (χ0n) is 18.6. The van der Waals surface area contributed by atoms with Gasteiger partial charge >= 0.3 is 0 Å². The van der Waals surface area contributed by atoms with Gasteiger partial charge in [0, 0.05) is 39.3 Å². The summed E-state index contributed by atoms with van der Waals surface area (Å²) >= 11 is 0. The standard InChI is InChI=1S/C23H33N3O4S/c1-4-17-30-22-10-9-20(18-19(22)2)31(27,28)24-11-12-25-13-15-26(16-14-25)21-7-5-6-8-23(21)29-3/h5-10,18,24H,4,11-17H2,1-3H3. The summed E-state index contributed by atoms with van der Waals surface area (Å²) < 4.78 is 39.2. The third-order valence-corrected chi connectivity index (χ3v) is 6.90. The van der Waals surface area contributed by atoms with Gasteiger partial charge in [0.1, 0.15) is 11.5 Å². The van der Waals surface area contributed by atoms with Gasteiger partial charge in [-0.1, -0.05) is 19.1 Å². The molecule has 1 fully saturated rings. The molecule has 0 unspecified atom stereocenters. The van der Waals surface area contributed by atoms with Crippen molar-refractivity contribution >= 4 is 15.7 Å². The largest absolute Gasteiger partial charge is 0.495 e. The van der Waals surface area contributed by atoms with E-state index >= 15 is 0 Å². The van der Waals surface area contributed by atoms with Crippen molar-refractivity contribution in [1.82, 2.24) is 9.62 Å². The Labute approximate surface area is 186 Å². The molecule has 8 heteroatoms. The first-order valence-corrected chi connectivity index (χ1v) is 12.3. The van der Waals surface area contributed by atoms with Crippen molar-refractivity contribution in [3.05, 3.63) is 48.0 Å². The summed E-state index contributed by atoms with van der Waals surface area (Å²) in [5.41, 5.74) is 1.93. The molecule has 0 aliphatic carbocycles. The molecule has 0 spiro atoms. The first-order valence-electron chi connectivity index (χ1n) is 10.8. The predicted octanol–water partition coefficient (Wildman–Crippen LogP) is 2.89. The molecule has 3 rings (SSSR count). The summed E-state index contributed by atoms with van der Waals surface area (Å²) in [7, 11) is -1.85. The van der Waals surface area contributed by atoms with Gasteiger partial charge in [-0.15, -0.1) is 0 Å². The molecule has 0 bridgehead atoms. The molecule has 0 amide bonds. The maximum absolute atomic E-state index is 12.7. The molecule has 7 nitrogen and oxygen atoms in total. The fourth-order valence-electron chi connectivity index (χ4n) is 3.69. The number of rotatable bonds is 10. The van der Waals surface area contributed by atoms with Gasteiger partial charge in [0.15, 0.2) is 0 Å². The van der Waals surface area contributed by atoms with Crippen LogP contribution in [0.2, 0.25) is 0 Å². The second-order valence-electron chi connectivity index (χ2n) is 7.67. The Hall–Kier alpha value is -2.29. The Morgan fingerprint density at radius 3 is 2.45 bits per heavy atom. The van der Waals surface area contributed by atoms with Crippen LogP contribution in [0.5, 0.6) is 11.5 Å². The summed E-state index contributed by atoms with van der Waals surface area (Å²) in [5.74, 6) is 1.61. The molecule has 1 N–H and O–H groups in total. The first kappa shape index (κ1) is 23.4. The number of anilines is 1. The fraction of sp³-hybridized carbons (Fsp3) is 0.478. The minimum absolute atomic E-state index is 0.273. The van der Waals surface area contributed by atoms with Crippen LogP contribution >= 0.6 is 0 Å². The third kappa shape index (κ3) is 6.12. The number of methoxy groups -OCH3 is 1. The van der Waals surface area contributed by atoms with E-state index in [4.69, 9.17) is 9.47 Å². The quantitative estimate of drug-likeness (QED) is 0.604. The average Bonchev–Trinajstić information content (AvgIpc) is 2.78. The molecule has 0 radical (unpaired) electrons. The number of nitrogens with zero attached hydrogens (tertiary/aromatic N) is 2. The molecule has 2 aromatic carbocycles. The van der Waals surface area contributed by atoms with E-state index in [0.29, 0.717) is 19.7 Å². The smallest absolute Gasteiger partial charge is 0.240 e. The molecular formula is C23H33N3O4S. The highest BCUT2D eigenvalue weighted by Crippen LogP contribution is 2.28. The topological polar surface area (TPSA) is 71.1 Å². The Morgan fingerprint density at radius 1 is 1.03 bits per heavy atom. The molecule has 2 aromatic rings. The highest BCUT2D eigenvalue weighted by Gasteiger charge is 2.20. The van der Waals surface area contributed by atoms with Crippen LogP contribution in [0.25, 0.3) is 0 Å². The number of nitrogens with one attached hydrogen (secondary N) is 1. The van der Waals surface area contributed by atoms with Crippen molar-refractivity contribution in [1.29, 1.82) is 0 Å². The van der Waals surface area contributed by atoms with E-state index in [1.807, 2.05) is 32.0 Å². The van der Waals surface area contributed by atoms with Gasteiger partial charge in [-0.3, -0.25) is 4.90 Å². The average molecular weight is 448 g/mol. The lowest BCUT2D eigenvalue weighted by atomic mass is 10.2. The Morgan fingerprint density at radius 2 is 1.77 bits per heavy atom. The number of para-hydroxylation sites is 2. The maximum Gasteiger partial charge on any atom is 0.240 e. The number of benzene rings is 2. The van der Waals surface area contributed by atoms with Crippen LogP contribution in [0.4, 0.5) is 5.69 Å². The number of hydrogen-bond acceptors (Lipinski definition) is 6. The molecule has 0 aromatic heterocycles. The van der Waals surface area contributed by atoms with Crippen LogP contribution in [-0.4, -0.2) is 66.3 Å². The minimum atomic E-state index is -3.54. The van der Waals surface area contributed by atoms with Crippen LogP contribution < -0.4 is 19.1 Å². The lowest BCUT2D eigenvalue weighted by molar-refractivity contribution is 0.261. The van der Waals surface area contributed by atoms with Crippen LogP contribution in [-0.2, 0) is 10.0 Å². The van der Waals surface area contributed by atoms with Gasteiger partial charge < -0.3 is 14.4 Å². The normalized spacial score (nSPS) is 15.1. The van der Waals surface area contributed by atoms with E-state index in [0.717, 1.165) is 55.3 Å². The number of aryl methyl sites for hydroxylation is 1. The van der Waals surface area contributed by atoms with Gasteiger partial charge in [-0.05, 0) is 49.2 Å². The molecule has 0 atom stereocenters. The molecule has 0 saturated carbocycles. The van der Waals surface area contributed by atoms with Crippen LogP contribution in [0, 0.1) is 6.92 Å². The fourth-order valence-corrected chi connectivity index (χ4v) is 4.79. The predicted molar refractivity (Wildman–Crippen MR) is 124 cm³/mol. The SMILES string of the molecule is CCCOc1ccc(S(=O)(=O)NCCN2CCN(c3ccccc3OC)CC2)cc1C. The van der Waals surface area contributed by atoms with Crippen molar-refractivity contribution in [3.8, 4) is 11.5 Å². The van der Waals surface area contributed by atoms with Crippen molar-refractivity contribution in [2.45, 2.75) is 25.2 Å². The number of ether oxygens (including phenoxy) is 2. The van der Waals surface area contributed by atoms with E-state index in [1.165, 1.54) is 0 Å². The molecule has 1 saturated heterocycles. The van der Waals surface area contributed by atoms with Gasteiger partial charge in [0.25, 0.3) is 0 Å². The van der Waals surface area contributed by atoms with Gasteiger partial charge in [-0.2, -0.15) is 0 Å². The van der Waals surface area contributed by atoms with Crippen molar-refractivity contribution in [2.24, 2.45) is 0 Å². The van der Waals surface area contributed by atoms with Crippen LogP contribution in [0.3, 0.4) is 0 Å². The van der Waals surface area contributed by atoms with E-state index in [2.05, 4.69) is 20.6 Å². The number of piperazine rings is 1.